The molecule has 1 N–H and O–H groups in total. The van der Waals surface area contributed by atoms with Crippen molar-refractivity contribution in [1.82, 2.24) is 9.97 Å². The standard InChI is InChI=1S/C16H18N4O2/c1-22-14-6-4-12(5-7-14)15(21)19-13-10-17-16(18-11-13)20-8-2-3-9-20/h4-7,10-11H,2-3,8-9H2,1H3,(H,19,21). The van der Waals surface area contributed by atoms with E-state index < -0.39 is 0 Å². The smallest absolute Gasteiger partial charge is 0.255 e. The van der Waals surface area contributed by atoms with Crippen molar-refractivity contribution >= 4 is 17.5 Å². The number of benzene rings is 1. The van der Waals surface area contributed by atoms with Gasteiger partial charge in [-0.3, -0.25) is 4.79 Å². The topological polar surface area (TPSA) is 67.3 Å². The van der Waals surface area contributed by atoms with Gasteiger partial charge in [0, 0.05) is 18.7 Å². The van der Waals surface area contributed by atoms with E-state index in [4.69, 9.17) is 4.74 Å². The lowest BCUT2D eigenvalue weighted by atomic mass is 10.2. The molecule has 1 aliphatic rings. The number of nitrogens with zero attached hydrogens (tertiary/aromatic N) is 3. The summed E-state index contributed by atoms with van der Waals surface area (Å²) in [5.41, 5.74) is 1.15. The molecule has 1 aromatic heterocycles. The van der Waals surface area contributed by atoms with Crippen molar-refractivity contribution < 1.29 is 9.53 Å². The summed E-state index contributed by atoms with van der Waals surface area (Å²) < 4.78 is 5.07. The molecule has 0 bridgehead atoms. The van der Waals surface area contributed by atoms with Gasteiger partial charge in [0.1, 0.15) is 5.75 Å². The van der Waals surface area contributed by atoms with E-state index in [0.29, 0.717) is 11.3 Å². The molecule has 1 saturated heterocycles. The number of rotatable bonds is 4. The summed E-state index contributed by atoms with van der Waals surface area (Å²) in [4.78, 5) is 22.9. The van der Waals surface area contributed by atoms with E-state index in [-0.39, 0.29) is 5.91 Å². The number of nitrogens with one attached hydrogen (secondary N) is 1. The predicted octanol–water partition coefficient (Wildman–Crippen LogP) is 2.34. The van der Waals surface area contributed by atoms with Crippen LogP contribution >= 0.6 is 0 Å². The number of amides is 1. The molecular formula is C16H18N4O2. The Kier molecular flexibility index (Phi) is 4.18. The molecule has 6 nitrogen and oxygen atoms in total. The summed E-state index contributed by atoms with van der Waals surface area (Å²) in [5.74, 6) is 1.25. The van der Waals surface area contributed by atoms with E-state index in [1.54, 1.807) is 43.8 Å². The van der Waals surface area contributed by atoms with Gasteiger partial charge < -0.3 is 15.0 Å². The van der Waals surface area contributed by atoms with Gasteiger partial charge in [-0.2, -0.15) is 0 Å². The third-order valence-corrected chi connectivity index (χ3v) is 3.64. The van der Waals surface area contributed by atoms with Gasteiger partial charge in [-0.15, -0.1) is 0 Å². The van der Waals surface area contributed by atoms with Gasteiger partial charge in [0.25, 0.3) is 5.91 Å². The van der Waals surface area contributed by atoms with E-state index in [0.717, 1.165) is 24.8 Å². The fourth-order valence-electron chi connectivity index (χ4n) is 2.41. The highest BCUT2D eigenvalue weighted by atomic mass is 16.5. The second-order valence-electron chi connectivity index (χ2n) is 5.15. The SMILES string of the molecule is COc1ccc(C(=O)Nc2cnc(N3CCCC3)nc2)cc1. The largest absolute Gasteiger partial charge is 0.497 e. The van der Waals surface area contributed by atoms with Crippen LogP contribution in [0.5, 0.6) is 5.75 Å². The Morgan fingerprint density at radius 3 is 2.36 bits per heavy atom. The molecule has 1 aliphatic heterocycles. The van der Waals surface area contributed by atoms with Gasteiger partial charge in [-0.1, -0.05) is 0 Å². The van der Waals surface area contributed by atoms with Gasteiger partial charge in [-0.25, -0.2) is 9.97 Å². The molecule has 1 amide bonds. The number of carbonyl (C=O) groups is 1. The van der Waals surface area contributed by atoms with Crippen LogP contribution in [0.3, 0.4) is 0 Å². The van der Waals surface area contributed by atoms with Crippen molar-refractivity contribution in [2.75, 3.05) is 30.4 Å². The number of hydrogen-bond donors (Lipinski definition) is 1. The highest BCUT2D eigenvalue weighted by molar-refractivity contribution is 6.04. The van der Waals surface area contributed by atoms with Crippen LogP contribution in [-0.4, -0.2) is 36.1 Å². The zero-order valence-electron chi connectivity index (χ0n) is 12.5. The molecule has 114 valence electrons. The van der Waals surface area contributed by atoms with E-state index >= 15 is 0 Å². The third-order valence-electron chi connectivity index (χ3n) is 3.64. The lowest BCUT2D eigenvalue weighted by Crippen LogP contribution is -2.20. The molecule has 6 heteroatoms. The Labute approximate surface area is 129 Å². The van der Waals surface area contributed by atoms with Crippen LogP contribution in [0.15, 0.2) is 36.7 Å². The minimum absolute atomic E-state index is 0.194. The zero-order valence-corrected chi connectivity index (χ0v) is 12.5. The van der Waals surface area contributed by atoms with Gasteiger partial charge in [0.15, 0.2) is 0 Å². The van der Waals surface area contributed by atoms with Crippen LogP contribution in [0.1, 0.15) is 23.2 Å². The second kappa shape index (κ2) is 6.43. The Hall–Kier alpha value is -2.63. The first kappa shape index (κ1) is 14.3. The van der Waals surface area contributed by atoms with Crippen LogP contribution in [0.25, 0.3) is 0 Å². The van der Waals surface area contributed by atoms with E-state index in [2.05, 4.69) is 20.2 Å². The first-order chi connectivity index (χ1) is 10.8. The summed E-state index contributed by atoms with van der Waals surface area (Å²) in [7, 11) is 1.59. The summed E-state index contributed by atoms with van der Waals surface area (Å²) in [6, 6.07) is 6.94. The van der Waals surface area contributed by atoms with Crippen molar-refractivity contribution in [3.63, 3.8) is 0 Å². The van der Waals surface area contributed by atoms with Crippen molar-refractivity contribution in [2.24, 2.45) is 0 Å². The predicted molar refractivity (Wildman–Crippen MR) is 84.4 cm³/mol. The van der Waals surface area contributed by atoms with E-state index in [1.807, 2.05) is 0 Å². The molecule has 2 heterocycles. The minimum Gasteiger partial charge on any atom is -0.497 e. The average molecular weight is 298 g/mol. The molecule has 2 aromatic rings. The molecule has 0 atom stereocenters. The Bertz CT molecular complexity index is 634. The molecule has 3 rings (SSSR count). The van der Waals surface area contributed by atoms with Crippen molar-refractivity contribution in [3.8, 4) is 5.75 Å². The molecule has 1 fully saturated rings. The summed E-state index contributed by atoms with van der Waals surface area (Å²) in [6.45, 7) is 2.00. The Morgan fingerprint density at radius 1 is 1.14 bits per heavy atom. The van der Waals surface area contributed by atoms with E-state index in [1.165, 1.54) is 12.8 Å². The van der Waals surface area contributed by atoms with Gasteiger partial charge in [0.05, 0.1) is 25.2 Å². The molecule has 0 aliphatic carbocycles. The summed E-state index contributed by atoms with van der Waals surface area (Å²) >= 11 is 0. The third kappa shape index (κ3) is 3.16. The van der Waals surface area contributed by atoms with Crippen molar-refractivity contribution in [2.45, 2.75) is 12.8 Å². The fourth-order valence-corrected chi connectivity index (χ4v) is 2.41. The van der Waals surface area contributed by atoms with E-state index in [9.17, 15) is 4.79 Å². The van der Waals surface area contributed by atoms with Crippen molar-refractivity contribution in [3.05, 3.63) is 42.2 Å². The number of anilines is 2. The monoisotopic (exact) mass is 298 g/mol. The van der Waals surface area contributed by atoms with Gasteiger partial charge in [-0.05, 0) is 37.1 Å². The molecule has 0 spiro atoms. The van der Waals surface area contributed by atoms with Gasteiger partial charge in [0.2, 0.25) is 5.95 Å². The number of hydrogen-bond acceptors (Lipinski definition) is 5. The molecule has 0 radical (unpaired) electrons. The second-order valence-corrected chi connectivity index (χ2v) is 5.15. The normalized spacial score (nSPS) is 14.0. The Balaban J connectivity index is 1.65. The maximum Gasteiger partial charge on any atom is 0.255 e. The Morgan fingerprint density at radius 2 is 1.77 bits per heavy atom. The first-order valence-corrected chi connectivity index (χ1v) is 7.28. The quantitative estimate of drug-likeness (QED) is 0.938. The molecule has 22 heavy (non-hydrogen) atoms. The van der Waals surface area contributed by atoms with Crippen LogP contribution in [0.2, 0.25) is 0 Å². The lowest BCUT2D eigenvalue weighted by molar-refractivity contribution is 0.102. The first-order valence-electron chi connectivity index (χ1n) is 7.28. The molecule has 0 saturated carbocycles. The summed E-state index contributed by atoms with van der Waals surface area (Å²) in [6.07, 6.45) is 5.64. The highest BCUT2D eigenvalue weighted by Crippen LogP contribution is 2.17. The molecule has 1 aromatic carbocycles. The summed E-state index contributed by atoms with van der Waals surface area (Å²) in [5, 5.41) is 2.79. The van der Waals surface area contributed by atoms with Gasteiger partial charge >= 0.3 is 0 Å². The highest BCUT2D eigenvalue weighted by Gasteiger charge is 2.14. The maximum absolute atomic E-state index is 12.1. The van der Waals surface area contributed by atoms with Crippen LogP contribution < -0.4 is 15.0 Å². The maximum atomic E-state index is 12.1. The van der Waals surface area contributed by atoms with Crippen molar-refractivity contribution in [1.29, 1.82) is 0 Å². The lowest BCUT2D eigenvalue weighted by Gasteiger charge is -2.14. The molecule has 0 unspecified atom stereocenters. The van der Waals surface area contributed by atoms with Crippen LogP contribution in [0, 0.1) is 0 Å². The number of aromatic nitrogens is 2. The number of carbonyl (C=O) groups excluding carboxylic acids is 1. The molecular weight excluding hydrogens is 280 g/mol. The number of methoxy groups -OCH3 is 1. The van der Waals surface area contributed by atoms with Crippen LogP contribution in [0.4, 0.5) is 11.6 Å². The number of ether oxygens (including phenoxy) is 1. The average Bonchev–Trinajstić information content (AvgIpc) is 3.10. The minimum atomic E-state index is -0.194. The zero-order chi connectivity index (χ0) is 15.4. The fraction of sp³-hybridized carbons (Fsp3) is 0.312. The van der Waals surface area contributed by atoms with Crippen LogP contribution in [-0.2, 0) is 0 Å².